The van der Waals surface area contributed by atoms with E-state index in [0.29, 0.717) is 6.61 Å². The first kappa shape index (κ1) is 9.40. The quantitative estimate of drug-likeness (QED) is 0.806. The van der Waals surface area contributed by atoms with E-state index < -0.39 is 11.6 Å². The summed E-state index contributed by atoms with van der Waals surface area (Å²) in [6.07, 6.45) is 1.82. The van der Waals surface area contributed by atoms with Crippen LogP contribution in [0.15, 0.2) is 18.2 Å². The van der Waals surface area contributed by atoms with Crippen molar-refractivity contribution >= 4 is 0 Å². The molecule has 1 saturated carbocycles. The van der Waals surface area contributed by atoms with Crippen LogP contribution in [0, 0.1) is 11.6 Å². The highest BCUT2D eigenvalue weighted by Gasteiger charge is 2.39. The summed E-state index contributed by atoms with van der Waals surface area (Å²) in [6, 6.07) is 3.10. The smallest absolute Gasteiger partial charge is 0.129 e. The third-order valence-electron chi connectivity index (χ3n) is 2.25. The Hall–Kier alpha value is -1.16. The zero-order valence-corrected chi connectivity index (χ0v) is 7.59. The molecule has 0 spiro atoms. The fraction of sp³-hybridized carbons (Fsp3) is 0.400. The van der Waals surface area contributed by atoms with E-state index >= 15 is 0 Å². The van der Waals surface area contributed by atoms with Crippen LogP contribution >= 0.6 is 0 Å². The second kappa shape index (κ2) is 3.20. The van der Waals surface area contributed by atoms with Gasteiger partial charge < -0.3 is 10.5 Å². The lowest BCUT2D eigenvalue weighted by molar-refractivity contribution is 0.277. The van der Waals surface area contributed by atoms with Gasteiger partial charge in [0.05, 0.1) is 5.54 Å². The number of hydrogen-bond donors (Lipinski definition) is 1. The Kier molecular flexibility index (Phi) is 2.15. The molecule has 0 aromatic heterocycles. The topological polar surface area (TPSA) is 35.2 Å². The number of rotatable bonds is 3. The van der Waals surface area contributed by atoms with E-state index in [1.165, 1.54) is 0 Å². The van der Waals surface area contributed by atoms with Crippen molar-refractivity contribution in [2.45, 2.75) is 18.4 Å². The fourth-order valence-electron chi connectivity index (χ4n) is 1.14. The minimum atomic E-state index is -0.637. The van der Waals surface area contributed by atoms with E-state index in [1.54, 1.807) is 0 Å². The fourth-order valence-corrected chi connectivity index (χ4v) is 1.14. The average Bonchev–Trinajstić information content (AvgIpc) is 2.80. The highest BCUT2D eigenvalue weighted by Crippen LogP contribution is 2.32. The normalized spacial score (nSPS) is 17.9. The van der Waals surface area contributed by atoms with Gasteiger partial charge in [0.15, 0.2) is 0 Å². The van der Waals surface area contributed by atoms with Crippen molar-refractivity contribution in [3.8, 4) is 5.75 Å². The van der Waals surface area contributed by atoms with Gasteiger partial charge in [-0.15, -0.1) is 0 Å². The van der Waals surface area contributed by atoms with E-state index in [4.69, 9.17) is 10.5 Å². The summed E-state index contributed by atoms with van der Waals surface area (Å²) in [5.74, 6) is -1.08. The van der Waals surface area contributed by atoms with Crippen LogP contribution in [-0.4, -0.2) is 12.1 Å². The van der Waals surface area contributed by atoms with Crippen LogP contribution in [0.1, 0.15) is 12.8 Å². The maximum atomic E-state index is 12.7. The van der Waals surface area contributed by atoms with Crippen molar-refractivity contribution in [3.05, 3.63) is 29.8 Å². The van der Waals surface area contributed by atoms with Crippen molar-refractivity contribution in [2.24, 2.45) is 5.73 Å². The molecule has 1 aliphatic carbocycles. The zero-order valence-electron chi connectivity index (χ0n) is 7.59. The largest absolute Gasteiger partial charge is 0.491 e. The van der Waals surface area contributed by atoms with Gasteiger partial charge in [0.2, 0.25) is 0 Å². The Morgan fingerprint density at radius 2 is 1.79 bits per heavy atom. The molecule has 0 amide bonds. The van der Waals surface area contributed by atoms with Crippen molar-refractivity contribution in [1.82, 2.24) is 0 Å². The second-order valence-corrected chi connectivity index (χ2v) is 3.76. The first-order valence-corrected chi connectivity index (χ1v) is 4.45. The Morgan fingerprint density at radius 3 is 2.29 bits per heavy atom. The molecule has 76 valence electrons. The molecule has 1 aromatic carbocycles. The first-order valence-electron chi connectivity index (χ1n) is 4.45. The Bertz CT molecular complexity index is 330. The molecule has 0 bridgehead atoms. The van der Waals surface area contributed by atoms with E-state index in [-0.39, 0.29) is 11.3 Å². The predicted molar refractivity (Wildman–Crippen MR) is 48.0 cm³/mol. The molecule has 1 fully saturated rings. The number of benzene rings is 1. The summed E-state index contributed by atoms with van der Waals surface area (Å²) < 4.78 is 30.6. The third kappa shape index (κ3) is 2.20. The molecule has 2 rings (SSSR count). The molecule has 2 N–H and O–H groups in total. The summed E-state index contributed by atoms with van der Waals surface area (Å²) in [6.45, 7) is 0.315. The minimum absolute atomic E-state index is 0.194. The van der Waals surface area contributed by atoms with Crippen LogP contribution in [0.3, 0.4) is 0 Å². The molecule has 0 aliphatic heterocycles. The zero-order chi connectivity index (χ0) is 10.2. The Labute approximate surface area is 80.7 Å². The van der Waals surface area contributed by atoms with E-state index in [0.717, 1.165) is 31.0 Å². The highest BCUT2D eigenvalue weighted by molar-refractivity contribution is 5.24. The molecule has 0 unspecified atom stereocenters. The van der Waals surface area contributed by atoms with Crippen LogP contribution in [0.5, 0.6) is 5.75 Å². The monoisotopic (exact) mass is 199 g/mol. The summed E-state index contributed by atoms with van der Waals surface area (Å²) in [4.78, 5) is 0. The van der Waals surface area contributed by atoms with Crippen molar-refractivity contribution in [3.63, 3.8) is 0 Å². The lowest BCUT2D eigenvalue weighted by atomic mass is 10.3. The molecular weight excluding hydrogens is 188 g/mol. The highest BCUT2D eigenvalue weighted by atomic mass is 19.1. The van der Waals surface area contributed by atoms with E-state index in [2.05, 4.69) is 0 Å². The summed E-state index contributed by atoms with van der Waals surface area (Å²) in [7, 11) is 0. The van der Waals surface area contributed by atoms with Crippen LogP contribution in [0.4, 0.5) is 8.78 Å². The van der Waals surface area contributed by atoms with Gasteiger partial charge in [-0.2, -0.15) is 0 Å². The molecule has 14 heavy (non-hydrogen) atoms. The third-order valence-corrected chi connectivity index (χ3v) is 2.25. The van der Waals surface area contributed by atoms with Crippen molar-refractivity contribution < 1.29 is 13.5 Å². The predicted octanol–water partition coefficient (Wildman–Crippen LogP) is 1.83. The van der Waals surface area contributed by atoms with Gasteiger partial charge in [-0.1, -0.05) is 0 Å². The van der Waals surface area contributed by atoms with Crippen LogP contribution in [-0.2, 0) is 0 Å². The van der Waals surface area contributed by atoms with Gasteiger partial charge in [0, 0.05) is 18.2 Å². The molecule has 1 aliphatic rings. The second-order valence-electron chi connectivity index (χ2n) is 3.76. The maximum Gasteiger partial charge on any atom is 0.129 e. The summed E-state index contributed by atoms with van der Waals surface area (Å²) >= 11 is 0. The van der Waals surface area contributed by atoms with Gasteiger partial charge in [0.1, 0.15) is 24.0 Å². The lowest BCUT2D eigenvalue weighted by Gasteiger charge is -2.10. The maximum absolute atomic E-state index is 12.7. The molecule has 4 heteroatoms. The van der Waals surface area contributed by atoms with Gasteiger partial charge in [-0.05, 0) is 12.8 Å². The number of ether oxygens (including phenoxy) is 1. The molecule has 0 radical (unpaired) electrons. The number of nitrogens with two attached hydrogens (primary N) is 1. The van der Waals surface area contributed by atoms with Crippen LogP contribution < -0.4 is 10.5 Å². The number of halogens is 2. The van der Waals surface area contributed by atoms with Gasteiger partial charge >= 0.3 is 0 Å². The minimum Gasteiger partial charge on any atom is -0.491 e. The van der Waals surface area contributed by atoms with Crippen molar-refractivity contribution in [2.75, 3.05) is 6.61 Å². The Morgan fingerprint density at radius 1 is 1.21 bits per heavy atom. The lowest BCUT2D eigenvalue weighted by Crippen LogP contribution is -2.29. The molecule has 1 aromatic rings. The van der Waals surface area contributed by atoms with Crippen LogP contribution in [0.2, 0.25) is 0 Å². The molecule has 0 heterocycles. The van der Waals surface area contributed by atoms with E-state index in [1.807, 2.05) is 0 Å². The average molecular weight is 199 g/mol. The SMILES string of the molecule is NC1(COc2cc(F)cc(F)c2)CC1. The summed E-state index contributed by atoms with van der Waals surface area (Å²) in [5, 5.41) is 0. The van der Waals surface area contributed by atoms with E-state index in [9.17, 15) is 8.78 Å². The standard InChI is InChI=1S/C10H11F2NO/c11-7-3-8(12)5-9(4-7)14-6-10(13)1-2-10/h3-5H,1-2,6,13H2. The van der Waals surface area contributed by atoms with Gasteiger partial charge in [-0.25, -0.2) is 8.78 Å². The van der Waals surface area contributed by atoms with Gasteiger partial charge in [0.25, 0.3) is 0 Å². The van der Waals surface area contributed by atoms with Crippen LogP contribution in [0.25, 0.3) is 0 Å². The molecule has 2 nitrogen and oxygen atoms in total. The molecular formula is C10H11F2NO. The molecule has 0 saturated heterocycles. The van der Waals surface area contributed by atoms with Crippen molar-refractivity contribution in [1.29, 1.82) is 0 Å². The van der Waals surface area contributed by atoms with Gasteiger partial charge in [-0.3, -0.25) is 0 Å². The summed E-state index contributed by atoms with van der Waals surface area (Å²) in [5.41, 5.74) is 5.48. The Balaban J connectivity index is 2.01. The molecule has 0 atom stereocenters. The first-order chi connectivity index (χ1) is 6.57. The number of hydrogen-bond acceptors (Lipinski definition) is 2.